The maximum Gasteiger partial charge on any atom is 0.418 e. The quantitative estimate of drug-likeness (QED) is 0.0832. The fourth-order valence-electron chi connectivity index (χ4n) is 9.19. The number of carbonyl (C=O) groups is 3. The Morgan fingerprint density at radius 1 is 0.946 bits per heavy atom. The molecule has 6 aromatic rings. The molecule has 5 heterocycles. The summed E-state index contributed by atoms with van der Waals surface area (Å²) < 4.78 is 59.3. The lowest BCUT2D eigenvalue weighted by Gasteiger charge is -2.37. The number of hydrogen-bond acceptors (Lipinski definition) is 14. The number of anilines is 3. The highest BCUT2D eigenvalue weighted by Crippen LogP contribution is 2.42. The van der Waals surface area contributed by atoms with Crippen LogP contribution in [-0.4, -0.2) is 110 Å². The second kappa shape index (κ2) is 24.1. The molecule has 74 heavy (non-hydrogen) atoms. The lowest BCUT2D eigenvalue weighted by molar-refractivity contribution is -0.753. The van der Waals surface area contributed by atoms with E-state index in [2.05, 4.69) is 25.0 Å². The predicted molar refractivity (Wildman–Crippen MR) is 260 cm³/mol. The van der Waals surface area contributed by atoms with E-state index < -0.39 is 53.6 Å². The third kappa shape index (κ3) is 12.7. The number of carboxylic acid groups (broad SMARTS) is 1. The number of carbonyl (C=O) groups excluding carboxylic acids is 2. The van der Waals surface area contributed by atoms with Crippen molar-refractivity contribution in [2.45, 2.75) is 83.6 Å². The number of carboxylic acids is 1. The summed E-state index contributed by atoms with van der Waals surface area (Å²) >= 11 is 0. The minimum atomic E-state index is -1.25. The van der Waals surface area contributed by atoms with Gasteiger partial charge in [-0.05, 0) is 80.4 Å². The van der Waals surface area contributed by atoms with Crippen LogP contribution in [0.1, 0.15) is 69.9 Å². The molecule has 394 valence electrons. The van der Waals surface area contributed by atoms with Gasteiger partial charge in [0.25, 0.3) is 6.33 Å². The first-order chi connectivity index (χ1) is 35.1. The number of aromatic nitrogens is 7. The SMILES string of the molecule is CC[C@@H]([C@H](C)O)n1ncn(-c2ccc(N3CCN(c4ccc(OC[C@@H]5CO[C@@](Cn6c[n+](C(C)OC(=O)N(C)c7ncccc7COC(=O)CCC(=O)O)cn6)(c6ccc(F)cc6F)C5)cc4)CC3)cc2)c1=O.[Cl-]. The highest BCUT2D eigenvalue weighted by molar-refractivity contribution is 5.86. The van der Waals surface area contributed by atoms with Gasteiger partial charge in [-0.3, -0.25) is 14.5 Å². The van der Waals surface area contributed by atoms with Crippen molar-refractivity contribution in [1.82, 2.24) is 29.1 Å². The number of esters is 1. The number of aliphatic carboxylic acids is 1. The zero-order valence-electron chi connectivity index (χ0n) is 41.4. The van der Waals surface area contributed by atoms with Gasteiger partial charge in [-0.1, -0.05) is 19.1 Å². The van der Waals surface area contributed by atoms with E-state index in [0.29, 0.717) is 29.8 Å². The van der Waals surface area contributed by atoms with Gasteiger partial charge in [0.15, 0.2) is 0 Å². The average Bonchev–Trinajstić information content (AvgIpc) is 4.14. The van der Waals surface area contributed by atoms with Crippen LogP contribution in [0.4, 0.5) is 30.8 Å². The zero-order chi connectivity index (χ0) is 51.8. The number of aliphatic hydroxyl groups excluding tert-OH is 1. The second-order valence-electron chi connectivity index (χ2n) is 18.2. The molecule has 1 unspecified atom stereocenters. The van der Waals surface area contributed by atoms with E-state index in [1.165, 1.54) is 56.5 Å². The standard InChI is InChI=1S/C51H58F2N10O10.ClH/c1-5-45(34(2)64)63-49(68)62(32-56-63)41-11-9-39(10-12-41)58-21-23-59(24-22-58)40-13-15-42(16-14-40)70-27-36-26-51(72-28-36,43-17-8-38(52)25-44(43)53)30-61-33-60(31-55-61)35(3)73-50(69)57(4)48-37(7-6-20-54-48)29-71-47(67)19-18-46(65)66;/h6-17,20,25,31-36,45,64H,5,18-19,21-24,26-30H2,1-4H3;1H/t34-,35?,36+,45-,51-;/m0./s1. The van der Waals surface area contributed by atoms with Crippen molar-refractivity contribution in [3.63, 3.8) is 0 Å². The molecule has 5 atom stereocenters. The number of benzene rings is 3. The molecule has 0 radical (unpaired) electrons. The first-order valence-electron chi connectivity index (χ1n) is 24.1. The molecule has 1 amide bonds. The predicted octanol–water partition coefficient (Wildman–Crippen LogP) is 2.56. The summed E-state index contributed by atoms with van der Waals surface area (Å²) in [5, 5.41) is 27.7. The fourth-order valence-corrected chi connectivity index (χ4v) is 9.19. The van der Waals surface area contributed by atoms with E-state index in [-0.39, 0.29) is 74.6 Å². The molecule has 20 nitrogen and oxygen atoms in total. The number of nitrogens with zero attached hydrogens (tertiary/aromatic N) is 10. The zero-order valence-corrected chi connectivity index (χ0v) is 42.1. The first kappa shape index (κ1) is 54.3. The monoisotopic (exact) mass is 1040 g/mol. The van der Waals surface area contributed by atoms with Crippen LogP contribution in [0.3, 0.4) is 0 Å². The van der Waals surface area contributed by atoms with Gasteiger partial charge in [-0.2, -0.15) is 9.67 Å². The van der Waals surface area contributed by atoms with E-state index in [4.69, 9.17) is 24.1 Å². The van der Waals surface area contributed by atoms with Crippen molar-refractivity contribution in [3.05, 3.63) is 137 Å². The number of amides is 1. The van der Waals surface area contributed by atoms with Crippen molar-refractivity contribution < 1.29 is 69.3 Å². The van der Waals surface area contributed by atoms with E-state index >= 15 is 4.39 Å². The molecule has 2 aliphatic rings. The summed E-state index contributed by atoms with van der Waals surface area (Å²) in [6, 6.07) is 21.9. The fraction of sp³-hybridized carbons (Fsp3) is 0.412. The van der Waals surface area contributed by atoms with Gasteiger partial charge in [-0.15, -0.1) is 4.68 Å². The van der Waals surface area contributed by atoms with Crippen molar-refractivity contribution in [2.75, 3.05) is 61.1 Å². The van der Waals surface area contributed by atoms with Crippen LogP contribution in [0.2, 0.25) is 0 Å². The lowest BCUT2D eigenvalue weighted by Crippen LogP contribution is -3.00. The minimum absolute atomic E-state index is 0. The van der Waals surface area contributed by atoms with Gasteiger partial charge in [0.05, 0.1) is 43.9 Å². The summed E-state index contributed by atoms with van der Waals surface area (Å²) in [4.78, 5) is 59.3. The number of rotatable bonds is 20. The van der Waals surface area contributed by atoms with Crippen molar-refractivity contribution >= 4 is 35.2 Å². The van der Waals surface area contributed by atoms with Crippen LogP contribution in [0, 0.1) is 17.6 Å². The van der Waals surface area contributed by atoms with Gasteiger partial charge >= 0.3 is 23.7 Å². The third-order valence-electron chi connectivity index (χ3n) is 13.2. The highest BCUT2D eigenvalue weighted by atomic mass is 35.5. The third-order valence-corrected chi connectivity index (χ3v) is 13.2. The Morgan fingerprint density at radius 2 is 1.62 bits per heavy atom. The molecule has 2 N–H and O–H groups in total. The summed E-state index contributed by atoms with van der Waals surface area (Å²) in [6.07, 6.45) is 3.82. The van der Waals surface area contributed by atoms with Crippen molar-refractivity contribution in [1.29, 1.82) is 0 Å². The molecule has 8 rings (SSSR count). The molecule has 0 saturated carbocycles. The van der Waals surface area contributed by atoms with Crippen molar-refractivity contribution in [3.8, 4) is 11.4 Å². The molecule has 0 aliphatic carbocycles. The molecule has 0 spiro atoms. The van der Waals surface area contributed by atoms with Gasteiger partial charge in [-0.25, -0.2) is 32.6 Å². The molecule has 2 aliphatic heterocycles. The first-order valence-corrected chi connectivity index (χ1v) is 24.1. The number of piperazine rings is 1. The van der Waals surface area contributed by atoms with Crippen LogP contribution in [0.25, 0.3) is 5.69 Å². The van der Waals surface area contributed by atoms with Crippen molar-refractivity contribution in [2.24, 2.45) is 5.92 Å². The Bertz CT molecular complexity index is 2930. The maximum absolute atomic E-state index is 15.6. The number of ether oxygens (including phenoxy) is 4. The molecule has 3 aromatic heterocycles. The van der Waals surface area contributed by atoms with Crippen LogP contribution in [0.15, 0.2) is 109 Å². The normalized spacial score (nSPS) is 17.7. The Balaban J connectivity index is 0.00000800. The summed E-state index contributed by atoms with van der Waals surface area (Å²) in [5.41, 5.74) is 1.81. The molecular formula is C51H59ClF2N10O10. The van der Waals surface area contributed by atoms with Crippen LogP contribution < -0.4 is 42.1 Å². The average molecular weight is 1050 g/mol. The van der Waals surface area contributed by atoms with Crippen LogP contribution in [0.5, 0.6) is 5.75 Å². The Morgan fingerprint density at radius 3 is 2.27 bits per heavy atom. The highest BCUT2D eigenvalue weighted by Gasteiger charge is 2.46. The van der Waals surface area contributed by atoms with Crippen LogP contribution >= 0.6 is 0 Å². The molecule has 2 fully saturated rings. The number of aliphatic hydroxyl groups is 1. The Kier molecular flexibility index (Phi) is 17.7. The molecule has 23 heteroatoms. The number of hydrogen-bond donors (Lipinski definition) is 2. The summed E-state index contributed by atoms with van der Waals surface area (Å²) in [7, 11) is 1.44. The maximum atomic E-state index is 15.6. The van der Waals surface area contributed by atoms with Gasteiger partial charge < -0.3 is 51.4 Å². The minimum Gasteiger partial charge on any atom is -1.00 e. The van der Waals surface area contributed by atoms with E-state index in [0.717, 1.165) is 48.5 Å². The topological polar surface area (TPSA) is 213 Å². The van der Waals surface area contributed by atoms with Gasteiger partial charge in [0.1, 0.15) is 48.3 Å². The Hall–Kier alpha value is -7.43. The van der Waals surface area contributed by atoms with E-state index in [1.807, 2.05) is 55.5 Å². The van der Waals surface area contributed by atoms with E-state index in [1.54, 1.807) is 32.3 Å². The molecule has 2 saturated heterocycles. The Labute approximate surface area is 431 Å². The largest absolute Gasteiger partial charge is 1.00 e. The lowest BCUT2D eigenvalue weighted by atomic mass is 9.87. The molecular weight excluding hydrogens is 986 g/mol. The number of halogens is 3. The van der Waals surface area contributed by atoms with Crippen LogP contribution in [-0.2, 0) is 42.6 Å². The summed E-state index contributed by atoms with van der Waals surface area (Å²) in [5.74, 6) is -2.67. The second-order valence-corrected chi connectivity index (χ2v) is 18.2. The summed E-state index contributed by atoms with van der Waals surface area (Å²) in [6.45, 7) is 8.64. The van der Waals surface area contributed by atoms with Gasteiger partial charge in [0.2, 0.25) is 12.6 Å². The van der Waals surface area contributed by atoms with Gasteiger partial charge in [0, 0.05) is 85.9 Å². The molecule has 0 bridgehead atoms. The smallest absolute Gasteiger partial charge is 0.418 e. The number of pyridine rings is 1. The van der Waals surface area contributed by atoms with E-state index in [9.17, 15) is 28.7 Å². The molecule has 3 aromatic carbocycles.